The molecule has 1 aliphatic carbocycles. The topological polar surface area (TPSA) is 85.1 Å². The van der Waals surface area contributed by atoms with Gasteiger partial charge in [0.2, 0.25) is 5.88 Å². The van der Waals surface area contributed by atoms with E-state index < -0.39 is 11.9 Å². The lowest BCUT2D eigenvalue weighted by Gasteiger charge is -2.36. The molecular formula is C29H27F3N8OS. The first kappa shape index (κ1) is 26.7. The van der Waals surface area contributed by atoms with Crippen molar-refractivity contribution in [2.45, 2.75) is 50.9 Å². The van der Waals surface area contributed by atoms with Crippen LogP contribution in [0.4, 0.5) is 24.7 Å². The molecule has 0 atom stereocenters. The summed E-state index contributed by atoms with van der Waals surface area (Å²) in [6.45, 7) is 1.46. The maximum absolute atomic E-state index is 13.4. The fourth-order valence-electron chi connectivity index (χ4n) is 5.75. The number of aromatic nitrogens is 6. The average molecular weight is 593 g/mol. The second-order valence-electron chi connectivity index (χ2n) is 10.9. The van der Waals surface area contributed by atoms with E-state index in [2.05, 4.69) is 30.9 Å². The van der Waals surface area contributed by atoms with Crippen LogP contribution in [0.3, 0.4) is 0 Å². The maximum atomic E-state index is 13.4. The summed E-state index contributed by atoms with van der Waals surface area (Å²) in [4.78, 5) is 27.3. The molecule has 1 fully saturated rings. The SMILES string of the molecule is COc1ncnc(C2CC2)c1-c1ncc2c(n1)N(Cc1ccc3c(c1)CCCn1cc(C(F)(F)F)nc1-3)CC(=S)N2C. The molecule has 42 heavy (non-hydrogen) atoms. The molecule has 0 spiro atoms. The molecule has 0 saturated heterocycles. The number of rotatable bonds is 5. The molecule has 1 saturated carbocycles. The number of anilines is 2. The third-order valence-electron chi connectivity index (χ3n) is 8.03. The third kappa shape index (κ3) is 4.65. The first-order valence-corrected chi connectivity index (χ1v) is 14.2. The van der Waals surface area contributed by atoms with Gasteiger partial charge in [-0.3, -0.25) is 0 Å². The minimum atomic E-state index is -4.48. The standard InChI is InChI=1S/C29H27F3N8OS/c1-38-20-11-33-25(23-24(17-6-7-17)34-15-35-28(23)41-2)37-27(20)40(14-22(38)42)12-16-5-8-19-18(10-16)4-3-9-39-13-21(29(30,31)32)36-26(19)39/h5,8,10-11,13,15,17H,3-4,6-7,9,12,14H2,1-2H3. The zero-order chi connectivity index (χ0) is 29.2. The monoisotopic (exact) mass is 592 g/mol. The molecule has 0 radical (unpaired) electrons. The van der Waals surface area contributed by atoms with E-state index in [1.54, 1.807) is 17.9 Å². The summed E-state index contributed by atoms with van der Waals surface area (Å²) in [6.07, 6.45) is 3.49. The van der Waals surface area contributed by atoms with Gasteiger partial charge in [0.15, 0.2) is 17.3 Å². The molecule has 7 rings (SSSR count). The Morgan fingerprint density at radius 1 is 1.12 bits per heavy atom. The number of nitrogens with zero attached hydrogens (tertiary/aromatic N) is 8. The third-order valence-corrected chi connectivity index (χ3v) is 8.43. The smallest absolute Gasteiger partial charge is 0.434 e. The fraction of sp³-hybridized carbons (Fsp3) is 0.379. The van der Waals surface area contributed by atoms with E-state index in [-0.39, 0.29) is 0 Å². The molecule has 1 aromatic carbocycles. The quantitative estimate of drug-likeness (QED) is 0.282. The van der Waals surface area contributed by atoms with Crippen LogP contribution in [0, 0.1) is 0 Å². The molecule has 0 amide bonds. The van der Waals surface area contributed by atoms with Gasteiger partial charge in [-0.25, -0.2) is 24.9 Å². The van der Waals surface area contributed by atoms with Crippen molar-refractivity contribution in [1.82, 2.24) is 29.5 Å². The molecule has 4 aromatic rings. The zero-order valence-electron chi connectivity index (χ0n) is 23.0. The highest BCUT2D eigenvalue weighted by Gasteiger charge is 2.36. The van der Waals surface area contributed by atoms with Crippen LogP contribution in [0.2, 0.25) is 0 Å². The van der Waals surface area contributed by atoms with Crippen LogP contribution in [0.25, 0.3) is 22.8 Å². The summed E-state index contributed by atoms with van der Waals surface area (Å²) in [5.41, 5.74) is 4.24. The Labute approximate surface area is 245 Å². The number of fused-ring (bicyclic) bond motifs is 4. The largest absolute Gasteiger partial charge is 0.480 e. The lowest BCUT2D eigenvalue weighted by atomic mass is 10.00. The molecular weight excluding hydrogens is 565 g/mol. The predicted molar refractivity (Wildman–Crippen MR) is 155 cm³/mol. The van der Waals surface area contributed by atoms with Crippen molar-refractivity contribution >= 4 is 28.7 Å². The van der Waals surface area contributed by atoms with Crippen molar-refractivity contribution in [3.05, 3.63) is 59.4 Å². The summed E-state index contributed by atoms with van der Waals surface area (Å²) in [7, 11) is 3.48. The van der Waals surface area contributed by atoms with Crippen LogP contribution in [-0.4, -0.2) is 55.2 Å². The minimum absolute atomic E-state index is 0.338. The molecule has 0 N–H and O–H groups in total. The van der Waals surface area contributed by atoms with E-state index in [9.17, 15) is 13.2 Å². The molecule has 0 unspecified atom stereocenters. The van der Waals surface area contributed by atoms with Gasteiger partial charge in [-0.1, -0.05) is 30.4 Å². The molecule has 9 nitrogen and oxygen atoms in total. The van der Waals surface area contributed by atoms with Gasteiger partial charge < -0.3 is 19.1 Å². The molecule has 3 aliphatic rings. The van der Waals surface area contributed by atoms with Gasteiger partial charge in [0.1, 0.15) is 28.4 Å². The summed E-state index contributed by atoms with van der Waals surface area (Å²) >= 11 is 5.70. The molecule has 3 aromatic heterocycles. The Balaban J connectivity index is 1.25. The van der Waals surface area contributed by atoms with Crippen LogP contribution in [0.1, 0.15) is 47.7 Å². The van der Waals surface area contributed by atoms with Crippen LogP contribution < -0.4 is 14.5 Å². The molecule has 216 valence electrons. The fourth-order valence-corrected chi connectivity index (χ4v) is 6.00. The van der Waals surface area contributed by atoms with Crippen molar-refractivity contribution < 1.29 is 17.9 Å². The maximum Gasteiger partial charge on any atom is 0.434 e. The number of likely N-dealkylation sites (N-methyl/N-ethyl adjacent to an activating group) is 1. The van der Waals surface area contributed by atoms with Crippen molar-refractivity contribution in [2.75, 3.05) is 30.5 Å². The van der Waals surface area contributed by atoms with E-state index in [4.69, 9.17) is 21.9 Å². The van der Waals surface area contributed by atoms with Gasteiger partial charge in [0, 0.05) is 37.8 Å². The van der Waals surface area contributed by atoms with Crippen molar-refractivity contribution in [1.29, 1.82) is 0 Å². The van der Waals surface area contributed by atoms with Gasteiger partial charge in [-0.2, -0.15) is 13.2 Å². The second-order valence-corrected chi connectivity index (χ2v) is 11.3. The first-order valence-electron chi connectivity index (χ1n) is 13.8. The molecule has 13 heteroatoms. The van der Waals surface area contributed by atoms with Crippen LogP contribution in [-0.2, 0) is 25.7 Å². The number of thiocarbonyl (C=S) groups is 1. The summed E-state index contributed by atoms with van der Waals surface area (Å²) in [6, 6.07) is 5.89. The van der Waals surface area contributed by atoms with E-state index in [1.807, 2.05) is 24.1 Å². The Morgan fingerprint density at radius 2 is 1.95 bits per heavy atom. The van der Waals surface area contributed by atoms with Gasteiger partial charge in [-0.15, -0.1) is 0 Å². The van der Waals surface area contributed by atoms with E-state index >= 15 is 0 Å². The van der Waals surface area contributed by atoms with Crippen molar-refractivity contribution in [3.8, 4) is 28.7 Å². The van der Waals surface area contributed by atoms with E-state index in [1.165, 1.54) is 6.33 Å². The van der Waals surface area contributed by atoms with Gasteiger partial charge in [0.05, 0.1) is 25.5 Å². The normalized spacial score (nSPS) is 16.5. The Kier molecular flexibility index (Phi) is 6.37. The Hall–Kier alpha value is -4.13. The number of alkyl halides is 3. The molecule has 2 aliphatic heterocycles. The first-order chi connectivity index (χ1) is 20.2. The van der Waals surface area contributed by atoms with Crippen molar-refractivity contribution in [2.24, 2.45) is 0 Å². The summed E-state index contributed by atoms with van der Waals surface area (Å²) < 4.78 is 47.3. The Morgan fingerprint density at radius 3 is 2.71 bits per heavy atom. The van der Waals surface area contributed by atoms with Gasteiger partial charge in [0.25, 0.3) is 0 Å². The number of hydrogen-bond acceptors (Lipinski definition) is 8. The number of aryl methyl sites for hydroxylation is 2. The van der Waals surface area contributed by atoms with Crippen molar-refractivity contribution in [3.63, 3.8) is 0 Å². The Bertz CT molecular complexity index is 1720. The number of methoxy groups -OCH3 is 1. The van der Waals surface area contributed by atoms with Gasteiger partial charge in [-0.05, 0) is 36.8 Å². The average Bonchev–Trinajstić information content (AvgIpc) is 3.76. The minimum Gasteiger partial charge on any atom is -0.480 e. The number of hydrogen-bond donors (Lipinski definition) is 0. The van der Waals surface area contributed by atoms with E-state index in [0.29, 0.717) is 48.6 Å². The number of halogens is 3. The highest BCUT2D eigenvalue weighted by Crippen LogP contribution is 2.45. The second kappa shape index (κ2) is 10.0. The van der Waals surface area contributed by atoms with Crippen LogP contribution in [0.5, 0.6) is 5.88 Å². The highest BCUT2D eigenvalue weighted by atomic mass is 32.1. The number of ether oxygens (including phenoxy) is 1. The van der Waals surface area contributed by atoms with Crippen LogP contribution in [0.15, 0.2) is 36.9 Å². The van der Waals surface area contributed by atoms with E-state index in [0.717, 1.165) is 70.8 Å². The van der Waals surface area contributed by atoms with Crippen LogP contribution >= 0.6 is 12.2 Å². The summed E-state index contributed by atoms with van der Waals surface area (Å²) in [5, 5.41) is 0. The number of benzene rings is 1. The highest BCUT2D eigenvalue weighted by molar-refractivity contribution is 7.80. The summed E-state index contributed by atoms with van der Waals surface area (Å²) in [5.74, 6) is 2.36. The molecule has 5 heterocycles. The molecule has 0 bridgehead atoms. The zero-order valence-corrected chi connectivity index (χ0v) is 23.8. The lowest BCUT2D eigenvalue weighted by Crippen LogP contribution is -2.43. The lowest BCUT2D eigenvalue weighted by molar-refractivity contribution is -0.140. The van der Waals surface area contributed by atoms with Gasteiger partial charge >= 0.3 is 6.18 Å². The number of imidazole rings is 1. The predicted octanol–water partition coefficient (Wildman–Crippen LogP) is 5.43.